The van der Waals surface area contributed by atoms with Gasteiger partial charge in [-0.05, 0) is 67.7 Å². The van der Waals surface area contributed by atoms with Gasteiger partial charge in [0.05, 0.1) is 24.4 Å². The summed E-state index contributed by atoms with van der Waals surface area (Å²) in [5.41, 5.74) is 7.69. The number of amides is 1. The number of hydrogen-bond donors (Lipinski definition) is 1. The van der Waals surface area contributed by atoms with Gasteiger partial charge in [-0.25, -0.2) is 4.98 Å². The Labute approximate surface area is 231 Å². The normalized spacial score (nSPS) is 13.3. The molecule has 0 fully saturated rings. The van der Waals surface area contributed by atoms with E-state index in [2.05, 4.69) is 14.9 Å². The molecule has 0 saturated carbocycles. The van der Waals surface area contributed by atoms with Crippen LogP contribution in [0, 0.1) is 11.3 Å². The molecule has 4 rings (SSSR count). The smallest absolute Gasteiger partial charge is 0.418 e. The second kappa shape index (κ2) is 11.9. The fourth-order valence-electron chi connectivity index (χ4n) is 4.76. The van der Waals surface area contributed by atoms with Crippen molar-refractivity contribution < 1.29 is 22.7 Å². The number of halogens is 3. The highest BCUT2D eigenvalue weighted by Gasteiger charge is 2.36. The van der Waals surface area contributed by atoms with Crippen LogP contribution in [0.4, 0.5) is 19.0 Å². The van der Waals surface area contributed by atoms with Crippen molar-refractivity contribution in [3.63, 3.8) is 0 Å². The van der Waals surface area contributed by atoms with Crippen LogP contribution >= 0.6 is 0 Å². The fourth-order valence-corrected chi connectivity index (χ4v) is 4.76. The highest BCUT2D eigenvalue weighted by atomic mass is 19.4. The van der Waals surface area contributed by atoms with Crippen LogP contribution in [0.15, 0.2) is 36.7 Å². The third-order valence-electron chi connectivity index (χ3n) is 7.00. The van der Waals surface area contributed by atoms with Crippen LogP contribution in [-0.2, 0) is 25.6 Å². The maximum Gasteiger partial charge on any atom is 0.418 e. The third-order valence-corrected chi connectivity index (χ3v) is 7.00. The fraction of sp³-hybridized carbons (Fsp3) is 0.379. The van der Waals surface area contributed by atoms with Crippen molar-refractivity contribution in [2.45, 2.75) is 39.4 Å². The number of likely N-dealkylation sites (N-methyl/N-ethyl adjacent to an activating group) is 1. The van der Waals surface area contributed by atoms with Gasteiger partial charge in [0, 0.05) is 37.1 Å². The van der Waals surface area contributed by atoms with E-state index in [1.165, 1.54) is 12.3 Å². The number of aromatic nitrogens is 2. The maximum absolute atomic E-state index is 14.0. The standard InChI is InChI=1S/C29H31F3N6O2/c1-4-37(3)8-6-18-10-22(23-13-27(34)36-16-25(23)29(30,31)32)21-7-9-38(28(39)24(21)11-18)17-20-12-26(40-5-2)19(14-33)15-35-20/h10-13,15-16H,4-9,17H2,1-3H3,(H2,34,36). The molecule has 1 aromatic carbocycles. The van der Waals surface area contributed by atoms with Gasteiger partial charge in [-0.3, -0.25) is 9.78 Å². The summed E-state index contributed by atoms with van der Waals surface area (Å²) in [6.45, 7) is 6.12. The Kier molecular flexibility index (Phi) is 8.59. The van der Waals surface area contributed by atoms with Crippen molar-refractivity contribution in [2.75, 3.05) is 39.0 Å². The van der Waals surface area contributed by atoms with Gasteiger partial charge in [-0.15, -0.1) is 0 Å². The first kappa shape index (κ1) is 28.8. The number of hydrogen-bond acceptors (Lipinski definition) is 7. The minimum absolute atomic E-state index is 0.0337. The molecule has 3 aromatic rings. The topological polar surface area (TPSA) is 108 Å². The van der Waals surface area contributed by atoms with Crippen molar-refractivity contribution in [1.82, 2.24) is 19.8 Å². The van der Waals surface area contributed by atoms with E-state index < -0.39 is 11.7 Å². The van der Waals surface area contributed by atoms with E-state index in [4.69, 9.17) is 10.5 Å². The van der Waals surface area contributed by atoms with Crippen molar-refractivity contribution in [2.24, 2.45) is 0 Å². The number of nitrogen functional groups attached to an aromatic ring is 1. The molecule has 0 radical (unpaired) electrons. The average molecular weight is 553 g/mol. The zero-order chi connectivity index (χ0) is 29.0. The van der Waals surface area contributed by atoms with Crippen molar-refractivity contribution in [1.29, 1.82) is 5.26 Å². The lowest BCUT2D eigenvalue weighted by Crippen LogP contribution is -2.37. The average Bonchev–Trinajstić information content (AvgIpc) is 2.92. The molecule has 11 heteroatoms. The number of ether oxygens (including phenoxy) is 1. The molecule has 0 aliphatic carbocycles. The molecule has 40 heavy (non-hydrogen) atoms. The summed E-state index contributed by atoms with van der Waals surface area (Å²) in [5.74, 6) is 0.0564. The summed E-state index contributed by atoms with van der Waals surface area (Å²) in [4.78, 5) is 25.5. The number of benzene rings is 1. The lowest BCUT2D eigenvalue weighted by atomic mass is 9.86. The first-order valence-corrected chi connectivity index (χ1v) is 13.0. The first-order valence-electron chi connectivity index (χ1n) is 13.0. The molecule has 1 aliphatic heterocycles. The lowest BCUT2D eigenvalue weighted by molar-refractivity contribution is -0.137. The molecule has 0 saturated heterocycles. The molecular formula is C29H31F3N6O2. The molecule has 0 unspecified atom stereocenters. The second-order valence-electron chi connectivity index (χ2n) is 9.66. The molecule has 0 spiro atoms. The summed E-state index contributed by atoms with van der Waals surface area (Å²) < 4.78 is 47.6. The molecule has 0 atom stereocenters. The molecule has 1 amide bonds. The first-order chi connectivity index (χ1) is 19.0. The monoisotopic (exact) mass is 552 g/mol. The van der Waals surface area contributed by atoms with Crippen LogP contribution in [0.3, 0.4) is 0 Å². The highest BCUT2D eigenvalue weighted by Crippen LogP contribution is 2.41. The minimum Gasteiger partial charge on any atom is -0.492 e. The summed E-state index contributed by atoms with van der Waals surface area (Å²) in [5, 5.41) is 9.32. The molecule has 2 N–H and O–H groups in total. The second-order valence-corrected chi connectivity index (χ2v) is 9.66. The van der Waals surface area contributed by atoms with Crippen LogP contribution in [0.25, 0.3) is 11.1 Å². The van der Waals surface area contributed by atoms with Crippen LogP contribution in [-0.4, -0.2) is 59.0 Å². The van der Waals surface area contributed by atoms with E-state index in [0.29, 0.717) is 59.7 Å². The molecular weight excluding hydrogens is 521 g/mol. The van der Waals surface area contributed by atoms with Gasteiger partial charge in [0.1, 0.15) is 23.2 Å². The van der Waals surface area contributed by atoms with Crippen LogP contribution in [0.1, 0.15) is 52.2 Å². The van der Waals surface area contributed by atoms with Crippen LogP contribution in [0.5, 0.6) is 5.75 Å². The molecule has 8 nitrogen and oxygen atoms in total. The van der Waals surface area contributed by atoms with E-state index >= 15 is 0 Å². The molecule has 2 aromatic heterocycles. The van der Waals surface area contributed by atoms with E-state index in [1.807, 2.05) is 20.0 Å². The van der Waals surface area contributed by atoms with Crippen molar-refractivity contribution in [3.05, 3.63) is 70.2 Å². The van der Waals surface area contributed by atoms with Gasteiger partial charge in [-0.1, -0.05) is 13.0 Å². The van der Waals surface area contributed by atoms with Gasteiger partial charge in [0.2, 0.25) is 0 Å². The predicted octanol–water partition coefficient (Wildman–Crippen LogP) is 4.71. The van der Waals surface area contributed by atoms with Gasteiger partial charge < -0.3 is 20.3 Å². The van der Waals surface area contributed by atoms with Crippen molar-refractivity contribution in [3.8, 4) is 22.9 Å². The zero-order valence-electron chi connectivity index (χ0n) is 22.7. The Balaban J connectivity index is 1.77. The molecule has 1 aliphatic rings. The number of carbonyl (C=O) groups is 1. The SMILES string of the molecule is CCOc1cc(CN2CCc3c(cc(CCN(C)CC)cc3-c3cc(N)ncc3C(F)(F)F)C2=O)ncc1C#N. The molecule has 210 valence electrons. The number of anilines is 1. The Morgan fingerprint density at radius 2 is 1.88 bits per heavy atom. The molecule has 3 heterocycles. The number of fused-ring (bicyclic) bond motifs is 1. The Bertz CT molecular complexity index is 1450. The number of nitriles is 1. The largest absolute Gasteiger partial charge is 0.492 e. The van der Waals surface area contributed by atoms with E-state index in [0.717, 1.165) is 18.3 Å². The zero-order valence-corrected chi connectivity index (χ0v) is 22.7. The third kappa shape index (κ3) is 6.18. The van der Waals surface area contributed by atoms with Crippen LogP contribution in [0.2, 0.25) is 0 Å². The highest BCUT2D eigenvalue weighted by molar-refractivity contribution is 5.99. The van der Waals surface area contributed by atoms with Gasteiger partial charge >= 0.3 is 6.18 Å². The summed E-state index contributed by atoms with van der Waals surface area (Å²) in [6.07, 6.45) is -1.59. The quantitative estimate of drug-likeness (QED) is 0.410. The van der Waals surface area contributed by atoms with E-state index in [9.17, 15) is 23.2 Å². The number of pyridine rings is 2. The van der Waals surface area contributed by atoms with E-state index in [1.54, 1.807) is 30.0 Å². The van der Waals surface area contributed by atoms with Gasteiger partial charge in [0.25, 0.3) is 5.91 Å². The minimum atomic E-state index is -4.65. The Hall–Kier alpha value is -4.17. The lowest BCUT2D eigenvalue weighted by Gasteiger charge is -2.31. The summed E-state index contributed by atoms with van der Waals surface area (Å²) >= 11 is 0. The summed E-state index contributed by atoms with van der Waals surface area (Å²) in [6, 6.07) is 8.44. The van der Waals surface area contributed by atoms with Crippen molar-refractivity contribution >= 4 is 11.7 Å². The number of rotatable bonds is 9. The van der Waals surface area contributed by atoms with E-state index in [-0.39, 0.29) is 30.4 Å². The number of nitrogens with two attached hydrogens (primary N) is 1. The predicted molar refractivity (Wildman–Crippen MR) is 145 cm³/mol. The Morgan fingerprint density at radius 1 is 1.12 bits per heavy atom. The maximum atomic E-state index is 14.0. The Morgan fingerprint density at radius 3 is 2.55 bits per heavy atom. The number of nitrogens with zero attached hydrogens (tertiary/aromatic N) is 5. The van der Waals surface area contributed by atoms with Gasteiger partial charge in [-0.2, -0.15) is 18.4 Å². The van der Waals surface area contributed by atoms with Gasteiger partial charge in [0.15, 0.2) is 0 Å². The summed E-state index contributed by atoms with van der Waals surface area (Å²) in [7, 11) is 1.96. The molecule has 0 bridgehead atoms. The van der Waals surface area contributed by atoms with Crippen LogP contribution < -0.4 is 10.5 Å². The number of alkyl halides is 3. The number of carbonyl (C=O) groups excluding carboxylic acids is 1.